The highest BCUT2D eigenvalue weighted by molar-refractivity contribution is 6.09. The smallest absolute Gasteiger partial charge is 0.325 e. The number of rotatable bonds is 4. The number of carbonyl (C=O) groups excluding carboxylic acids is 3. The molecule has 2 fully saturated rings. The van der Waals surface area contributed by atoms with E-state index in [-0.39, 0.29) is 18.4 Å². The van der Waals surface area contributed by atoms with Gasteiger partial charge < -0.3 is 10.2 Å². The monoisotopic (exact) mass is 343 g/mol. The lowest BCUT2D eigenvalue weighted by atomic mass is 9.90. The number of hydrogen-bond acceptors (Lipinski definition) is 3. The van der Waals surface area contributed by atoms with Crippen molar-refractivity contribution < 1.29 is 14.4 Å². The van der Waals surface area contributed by atoms with Crippen molar-refractivity contribution in [2.24, 2.45) is 0 Å². The zero-order valence-corrected chi connectivity index (χ0v) is 15.0. The van der Waals surface area contributed by atoms with Crippen LogP contribution in [0.1, 0.15) is 50.7 Å². The minimum atomic E-state index is -1.13. The van der Waals surface area contributed by atoms with Crippen LogP contribution < -0.4 is 5.32 Å². The van der Waals surface area contributed by atoms with Gasteiger partial charge in [0.15, 0.2) is 0 Å². The van der Waals surface area contributed by atoms with Crippen LogP contribution in [0, 0.1) is 0 Å². The molecule has 134 valence electrons. The van der Waals surface area contributed by atoms with Gasteiger partial charge in [-0.25, -0.2) is 4.79 Å². The van der Waals surface area contributed by atoms with Crippen LogP contribution >= 0.6 is 0 Å². The zero-order valence-electron chi connectivity index (χ0n) is 15.0. The molecule has 0 aliphatic carbocycles. The Morgan fingerprint density at radius 1 is 1.16 bits per heavy atom. The number of carbonyl (C=O) groups is 3. The molecule has 0 bridgehead atoms. The Labute approximate surface area is 148 Å². The second kappa shape index (κ2) is 6.50. The molecule has 0 aromatic heterocycles. The second-order valence-corrected chi connectivity index (χ2v) is 7.31. The Morgan fingerprint density at radius 3 is 2.32 bits per heavy atom. The van der Waals surface area contributed by atoms with E-state index in [1.807, 2.05) is 24.3 Å². The highest BCUT2D eigenvalue weighted by Crippen LogP contribution is 2.30. The van der Waals surface area contributed by atoms with E-state index < -0.39 is 11.6 Å². The van der Waals surface area contributed by atoms with Crippen molar-refractivity contribution in [3.63, 3.8) is 0 Å². The Balaban J connectivity index is 1.78. The maximum atomic E-state index is 12.9. The van der Waals surface area contributed by atoms with E-state index in [4.69, 9.17) is 0 Å². The third-order valence-corrected chi connectivity index (χ3v) is 5.18. The van der Waals surface area contributed by atoms with E-state index in [0.29, 0.717) is 19.0 Å². The molecule has 0 radical (unpaired) electrons. The molecule has 1 N–H and O–H groups in total. The largest absolute Gasteiger partial charge is 0.341 e. The Hall–Kier alpha value is -2.37. The minimum Gasteiger partial charge on any atom is -0.341 e. The van der Waals surface area contributed by atoms with Crippen molar-refractivity contribution in [3.05, 3.63) is 35.4 Å². The first-order valence-corrected chi connectivity index (χ1v) is 8.85. The number of likely N-dealkylation sites (tertiary alicyclic amines) is 1. The van der Waals surface area contributed by atoms with Gasteiger partial charge in [0.2, 0.25) is 5.91 Å². The molecule has 0 saturated carbocycles. The molecule has 2 heterocycles. The summed E-state index contributed by atoms with van der Waals surface area (Å²) in [5.74, 6) is -0.145. The number of benzene rings is 1. The summed E-state index contributed by atoms with van der Waals surface area (Å²) in [7, 11) is 0. The number of urea groups is 1. The topological polar surface area (TPSA) is 69.7 Å². The molecular formula is C19H25N3O3. The van der Waals surface area contributed by atoms with Crippen molar-refractivity contribution in [1.82, 2.24) is 15.1 Å². The molecule has 6 heteroatoms. The minimum absolute atomic E-state index is 0.166. The molecular weight excluding hydrogens is 318 g/mol. The summed E-state index contributed by atoms with van der Waals surface area (Å²) in [6, 6.07) is 7.19. The van der Waals surface area contributed by atoms with Crippen LogP contribution in [0.25, 0.3) is 0 Å². The third kappa shape index (κ3) is 3.13. The van der Waals surface area contributed by atoms with Crippen molar-refractivity contribution in [2.45, 2.75) is 45.1 Å². The fourth-order valence-electron chi connectivity index (χ4n) is 3.44. The van der Waals surface area contributed by atoms with Gasteiger partial charge in [0, 0.05) is 13.1 Å². The number of nitrogens with zero attached hydrogens (tertiary/aromatic N) is 2. The molecule has 2 aliphatic rings. The van der Waals surface area contributed by atoms with Crippen LogP contribution in [0.4, 0.5) is 4.79 Å². The predicted molar refractivity (Wildman–Crippen MR) is 93.9 cm³/mol. The van der Waals surface area contributed by atoms with Gasteiger partial charge in [0.25, 0.3) is 5.91 Å². The van der Waals surface area contributed by atoms with Gasteiger partial charge in [0.1, 0.15) is 12.1 Å². The lowest BCUT2D eigenvalue weighted by Gasteiger charge is -2.23. The molecule has 2 aliphatic heterocycles. The Morgan fingerprint density at radius 2 is 1.76 bits per heavy atom. The first kappa shape index (κ1) is 17.5. The van der Waals surface area contributed by atoms with Crippen LogP contribution in [-0.4, -0.2) is 47.3 Å². The van der Waals surface area contributed by atoms with Crippen LogP contribution in [0.3, 0.4) is 0 Å². The SMILES string of the molecule is CC(C)c1ccc(C2(C)NC(=O)N(CC(=O)N3CCCC3)C2=O)cc1. The first-order valence-electron chi connectivity index (χ1n) is 8.85. The summed E-state index contributed by atoms with van der Waals surface area (Å²) in [4.78, 5) is 40.3. The zero-order chi connectivity index (χ0) is 18.2. The number of nitrogens with one attached hydrogen (secondary N) is 1. The van der Waals surface area contributed by atoms with Gasteiger partial charge in [-0.3, -0.25) is 14.5 Å². The molecule has 1 atom stereocenters. The van der Waals surface area contributed by atoms with Gasteiger partial charge >= 0.3 is 6.03 Å². The van der Waals surface area contributed by atoms with E-state index in [2.05, 4.69) is 19.2 Å². The van der Waals surface area contributed by atoms with Gasteiger partial charge in [0.05, 0.1) is 0 Å². The average Bonchev–Trinajstić information content (AvgIpc) is 3.19. The van der Waals surface area contributed by atoms with Crippen LogP contribution in [0.2, 0.25) is 0 Å². The molecule has 1 aromatic carbocycles. The lowest BCUT2D eigenvalue weighted by Crippen LogP contribution is -2.43. The Bertz CT molecular complexity index is 692. The van der Waals surface area contributed by atoms with E-state index in [1.54, 1.807) is 11.8 Å². The second-order valence-electron chi connectivity index (χ2n) is 7.31. The molecule has 3 rings (SSSR count). The lowest BCUT2D eigenvalue weighted by molar-refractivity contribution is -0.138. The van der Waals surface area contributed by atoms with E-state index in [0.717, 1.165) is 23.3 Å². The summed E-state index contributed by atoms with van der Waals surface area (Å²) in [6.07, 6.45) is 1.96. The summed E-state index contributed by atoms with van der Waals surface area (Å²) < 4.78 is 0. The van der Waals surface area contributed by atoms with Crippen molar-refractivity contribution in [3.8, 4) is 0 Å². The number of amides is 4. The molecule has 25 heavy (non-hydrogen) atoms. The first-order chi connectivity index (χ1) is 11.8. The molecule has 1 unspecified atom stereocenters. The van der Waals surface area contributed by atoms with Crippen LogP contribution in [0.15, 0.2) is 24.3 Å². The Kier molecular flexibility index (Phi) is 4.54. The van der Waals surface area contributed by atoms with Crippen LogP contribution in [0.5, 0.6) is 0 Å². The summed E-state index contributed by atoms with van der Waals surface area (Å²) >= 11 is 0. The predicted octanol–water partition coefficient (Wildman–Crippen LogP) is 2.20. The molecule has 6 nitrogen and oxygen atoms in total. The van der Waals surface area contributed by atoms with Gasteiger partial charge in [-0.1, -0.05) is 38.1 Å². The average molecular weight is 343 g/mol. The molecule has 4 amide bonds. The van der Waals surface area contributed by atoms with Gasteiger partial charge in [-0.05, 0) is 36.8 Å². The highest BCUT2D eigenvalue weighted by atomic mass is 16.2. The fraction of sp³-hybridized carbons (Fsp3) is 0.526. The molecule has 2 saturated heterocycles. The van der Waals surface area contributed by atoms with Gasteiger partial charge in [-0.2, -0.15) is 0 Å². The number of hydrogen-bond donors (Lipinski definition) is 1. The number of imide groups is 1. The standard InChI is InChI=1S/C19H25N3O3/c1-13(2)14-6-8-15(9-7-14)19(3)17(24)22(18(25)20-19)12-16(23)21-10-4-5-11-21/h6-9,13H,4-5,10-12H2,1-3H3,(H,20,25). The van der Waals surface area contributed by atoms with E-state index >= 15 is 0 Å². The normalized spacial score (nSPS) is 23.5. The van der Waals surface area contributed by atoms with E-state index in [9.17, 15) is 14.4 Å². The maximum Gasteiger partial charge on any atom is 0.325 e. The van der Waals surface area contributed by atoms with Crippen molar-refractivity contribution >= 4 is 17.8 Å². The van der Waals surface area contributed by atoms with Crippen LogP contribution in [-0.2, 0) is 15.1 Å². The summed E-state index contributed by atoms with van der Waals surface area (Å²) in [5, 5.41) is 2.76. The van der Waals surface area contributed by atoms with Crippen molar-refractivity contribution in [2.75, 3.05) is 19.6 Å². The highest BCUT2D eigenvalue weighted by Gasteiger charge is 2.49. The molecule has 1 aromatic rings. The van der Waals surface area contributed by atoms with Crippen molar-refractivity contribution in [1.29, 1.82) is 0 Å². The van der Waals surface area contributed by atoms with Gasteiger partial charge in [-0.15, -0.1) is 0 Å². The fourth-order valence-corrected chi connectivity index (χ4v) is 3.44. The quantitative estimate of drug-likeness (QED) is 0.852. The summed E-state index contributed by atoms with van der Waals surface area (Å²) in [6.45, 7) is 7.12. The maximum absolute atomic E-state index is 12.9. The third-order valence-electron chi connectivity index (χ3n) is 5.18. The van der Waals surface area contributed by atoms with E-state index in [1.165, 1.54) is 5.56 Å². The molecule has 0 spiro atoms. The summed E-state index contributed by atoms with van der Waals surface area (Å²) in [5.41, 5.74) is 0.772.